The molecule has 0 saturated heterocycles. The molecule has 0 N–H and O–H groups in total. The lowest BCUT2D eigenvalue weighted by molar-refractivity contribution is 0.520. The van der Waals surface area contributed by atoms with Crippen molar-refractivity contribution in [3.05, 3.63) is 29.8 Å². The SMILES string of the molecule is CC(C)N1c2ccccc2CC[C@H]1C. The standard InChI is InChI=1S/C13H19N/c1-10(2)14-11(3)8-9-12-6-4-5-7-13(12)14/h4-7,10-11H,8-9H2,1-3H3/t11-/m1/s1. The highest BCUT2D eigenvalue weighted by Gasteiger charge is 2.24. The Morgan fingerprint density at radius 1 is 1.29 bits per heavy atom. The third-order valence-corrected chi connectivity index (χ3v) is 3.13. The topological polar surface area (TPSA) is 3.24 Å². The molecular formula is C13H19N. The van der Waals surface area contributed by atoms with Crippen molar-refractivity contribution in [3.63, 3.8) is 0 Å². The molecule has 1 aliphatic heterocycles. The number of fused-ring (bicyclic) bond motifs is 1. The second kappa shape index (κ2) is 3.64. The summed E-state index contributed by atoms with van der Waals surface area (Å²) in [6.45, 7) is 6.88. The van der Waals surface area contributed by atoms with Crippen LogP contribution in [-0.4, -0.2) is 12.1 Å². The van der Waals surface area contributed by atoms with Gasteiger partial charge in [-0.1, -0.05) is 18.2 Å². The van der Waals surface area contributed by atoms with Gasteiger partial charge in [-0.05, 0) is 45.2 Å². The molecule has 0 unspecified atom stereocenters. The van der Waals surface area contributed by atoms with Crippen LogP contribution in [0.4, 0.5) is 5.69 Å². The van der Waals surface area contributed by atoms with E-state index in [1.807, 2.05) is 0 Å². The molecule has 1 aliphatic rings. The molecule has 1 heterocycles. The number of aryl methyl sites for hydroxylation is 1. The van der Waals surface area contributed by atoms with Crippen LogP contribution in [0.1, 0.15) is 32.8 Å². The quantitative estimate of drug-likeness (QED) is 0.655. The molecule has 1 nitrogen and oxygen atoms in total. The van der Waals surface area contributed by atoms with Gasteiger partial charge >= 0.3 is 0 Å². The Morgan fingerprint density at radius 2 is 2.00 bits per heavy atom. The van der Waals surface area contributed by atoms with Crippen molar-refractivity contribution in [2.45, 2.75) is 45.7 Å². The largest absolute Gasteiger partial charge is 0.366 e. The van der Waals surface area contributed by atoms with E-state index in [2.05, 4.69) is 49.9 Å². The van der Waals surface area contributed by atoms with Gasteiger partial charge in [0.15, 0.2) is 0 Å². The molecule has 76 valence electrons. The average molecular weight is 189 g/mol. The first-order chi connectivity index (χ1) is 6.70. The van der Waals surface area contributed by atoms with Crippen LogP contribution < -0.4 is 4.90 Å². The summed E-state index contributed by atoms with van der Waals surface area (Å²) in [4.78, 5) is 2.54. The minimum atomic E-state index is 0.603. The van der Waals surface area contributed by atoms with Gasteiger partial charge in [-0.3, -0.25) is 0 Å². The molecule has 0 spiro atoms. The summed E-state index contributed by atoms with van der Waals surface area (Å²) in [5.41, 5.74) is 2.96. The van der Waals surface area contributed by atoms with E-state index in [-0.39, 0.29) is 0 Å². The van der Waals surface area contributed by atoms with Gasteiger partial charge < -0.3 is 4.90 Å². The molecule has 1 aromatic rings. The van der Waals surface area contributed by atoms with Gasteiger partial charge in [0.1, 0.15) is 0 Å². The van der Waals surface area contributed by atoms with E-state index in [4.69, 9.17) is 0 Å². The third-order valence-electron chi connectivity index (χ3n) is 3.13. The number of benzene rings is 1. The highest BCUT2D eigenvalue weighted by atomic mass is 15.2. The maximum absolute atomic E-state index is 2.54. The van der Waals surface area contributed by atoms with Gasteiger partial charge in [-0.15, -0.1) is 0 Å². The van der Waals surface area contributed by atoms with Crippen molar-refractivity contribution in [3.8, 4) is 0 Å². The Morgan fingerprint density at radius 3 is 2.71 bits per heavy atom. The van der Waals surface area contributed by atoms with Crippen molar-refractivity contribution < 1.29 is 0 Å². The second-order valence-corrected chi connectivity index (χ2v) is 4.52. The molecule has 1 heteroatoms. The van der Waals surface area contributed by atoms with Crippen LogP contribution in [0, 0.1) is 0 Å². The Labute approximate surface area is 86.7 Å². The van der Waals surface area contributed by atoms with E-state index >= 15 is 0 Å². The number of rotatable bonds is 1. The molecule has 0 amide bonds. The van der Waals surface area contributed by atoms with Gasteiger partial charge in [0, 0.05) is 17.8 Å². The molecule has 0 aliphatic carbocycles. The first-order valence-electron chi connectivity index (χ1n) is 5.56. The monoisotopic (exact) mass is 189 g/mol. The van der Waals surface area contributed by atoms with Crippen LogP contribution in [0.5, 0.6) is 0 Å². The molecule has 1 atom stereocenters. The van der Waals surface area contributed by atoms with Gasteiger partial charge in [0.25, 0.3) is 0 Å². The zero-order valence-corrected chi connectivity index (χ0v) is 9.33. The lowest BCUT2D eigenvalue weighted by Crippen LogP contribution is -2.42. The molecule has 1 aromatic carbocycles. The smallest absolute Gasteiger partial charge is 0.0403 e. The van der Waals surface area contributed by atoms with Crippen LogP contribution in [0.2, 0.25) is 0 Å². The number of hydrogen-bond donors (Lipinski definition) is 0. The lowest BCUT2D eigenvalue weighted by Gasteiger charge is -2.40. The molecule has 0 saturated carbocycles. The van der Waals surface area contributed by atoms with E-state index in [9.17, 15) is 0 Å². The Bertz CT molecular complexity index is 317. The molecule has 0 fully saturated rings. The van der Waals surface area contributed by atoms with E-state index in [0.29, 0.717) is 12.1 Å². The summed E-state index contributed by atoms with van der Waals surface area (Å²) < 4.78 is 0. The van der Waals surface area contributed by atoms with E-state index in [1.165, 1.54) is 24.1 Å². The molecular weight excluding hydrogens is 170 g/mol. The summed E-state index contributed by atoms with van der Waals surface area (Å²) in [6.07, 6.45) is 2.52. The van der Waals surface area contributed by atoms with Gasteiger partial charge in [-0.25, -0.2) is 0 Å². The zero-order chi connectivity index (χ0) is 10.1. The normalized spacial score (nSPS) is 21.1. The fourth-order valence-electron chi connectivity index (χ4n) is 2.50. The van der Waals surface area contributed by atoms with Crippen molar-refractivity contribution in [2.75, 3.05) is 4.90 Å². The third kappa shape index (κ3) is 1.52. The Kier molecular flexibility index (Phi) is 2.49. The summed E-state index contributed by atoms with van der Waals surface area (Å²) >= 11 is 0. The molecule has 2 rings (SSSR count). The second-order valence-electron chi connectivity index (χ2n) is 4.52. The van der Waals surface area contributed by atoms with Crippen molar-refractivity contribution in [1.82, 2.24) is 0 Å². The highest BCUT2D eigenvalue weighted by molar-refractivity contribution is 5.56. The molecule has 0 bridgehead atoms. The predicted octanol–water partition coefficient (Wildman–Crippen LogP) is 3.24. The zero-order valence-electron chi connectivity index (χ0n) is 9.33. The first kappa shape index (κ1) is 9.57. The number of hydrogen-bond acceptors (Lipinski definition) is 1. The maximum Gasteiger partial charge on any atom is 0.0403 e. The van der Waals surface area contributed by atoms with Crippen LogP contribution in [0.25, 0.3) is 0 Å². The van der Waals surface area contributed by atoms with Crippen LogP contribution in [0.3, 0.4) is 0 Å². The van der Waals surface area contributed by atoms with Crippen LogP contribution >= 0.6 is 0 Å². The predicted molar refractivity (Wildman–Crippen MR) is 61.8 cm³/mol. The minimum Gasteiger partial charge on any atom is -0.366 e. The maximum atomic E-state index is 2.54. The number of para-hydroxylation sites is 1. The summed E-state index contributed by atoms with van der Waals surface area (Å²) in [5.74, 6) is 0. The lowest BCUT2D eigenvalue weighted by atomic mass is 9.95. The van der Waals surface area contributed by atoms with E-state index < -0.39 is 0 Å². The molecule has 0 radical (unpaired) electrons. The average Bonchev–Trinajstić information content (AvgIpc) is 2.17. The van der Waals surface area contributed by atoms with Gasteiger partial charge in [0.05, 0.1) is 0 Å². The van der Waals surface area contributed by atoms with E-state index in [0.717, 1.165) is 0 Å². The minimum absolute atomic E-state index is 0.603. The number of anilines is 1. The van der Waals surface area contributed by atoms with Crippen LogP contribution in [0.15, 0.2) is 24.3 Å². The van der Waals surface area contributed by atoms with E-state index in [1.54, 1.807) is 0 Å². The summed E-state index contributed by atoms with van der Waals surface area (Å²) in [6, 6.07) is 10.1. The molecule has 0 aromatic heterocycles. The highest BCUT2D eigenvalue weighted by Crippen LogP contribution is 2.31. The summed E-state index contributed by atoms with van der Waals surface area (Å²) in [5, 5.41) is 0. The van der Waals surface area contributed by atoms with Crippen molar-refractivity contribution in [2.24, 2.45) is 0 Å². The number of nitrogens with zero attached hydrogens (tertiary/aromatic N) is 1. The fourth-order valence-corrected chi connectivity index (χ4v) is 2.50. The van der Waals surface area contributed by atoms with Gasteiger partial charge in [-0.2, -0.15) is 0 Å². The van der Waals surface area contributed by atoms with Crippen LogP contribution in [-0.2, 0) is 6.42 Å². The fraction of sp³-hybridized carbons (Fsp3) is 0.538. The first-order valence-corrected chi connectivity index (χ1v) is 5.56. The summed E-state index contributed by atoms with van der Waals surface area (Å²) in [7, 11) is 0. The van der Waals surface area contributed by atoms with Crippen molar-refractivity contribution >= 4 is 5.69 Å². The Hall–Kier alpha value is -0.980. The Balaban J connectivity index is 2.41. The molecule has 14 heavy (non-hydrogen) atoms. The van der Waals surface area contributed by atoms with Crippen molar-refractivity contribution in [1.29, 1.82) is 0 Å². The van der Waals surface area contributed by atoms with Gasteiger partial charge in [0.2, 0.25) is 0 Å².